The summed E-state index contributed by atoms with van der Waals surface area (Å²) in [5.41, 5.74) is 4.73. The topological polar surface area (TPSA) is 116 Å². The van der Waals surface area contributed by atoms with Crippen molar-refractivity contribution in [1.82, 2.24) is 24.7 Å². The van der Waals surface area contributed by atoms with Gasteiger partial charge in [-0.3, -0.25) is 14.6 Å². The summed E-state index contributed by atoms with van der Waals surface area (Å²) in [5.74, 6) is 0.554. The van der Waals surface area contributed by atoms with Crippen LogP contribution in [0, 0.1) is 18.3 Å². The zero-order valence-electron chi connectivity index (χ0n) is 16.1. The molecule has 0 aromatic carbocycles. The lowest BCUT2D eigenvalue weighted by molar-refractivity contribution is 0.457. The number of aromatic hydroxyl groups is 1. The lowest BCUT2D eigenvalue weighted by Gasteiger charge is -2.05. The Labute approximate surface area is 167 Å². The molecule has 0 fully saturated rings. The number of rotatable bonds is 5. The fourth-order valence-corrected chi connectivity index (χ4v) is 3.25. The second kappa shape index (κ2) is 7.56. The van der Waals surface area contributed by atoms with E-state index in [2.05, 4.69) is 31.1 Å². The van der Waals surface area contributed by atoms with Crippen molar-refractivity contribution in [3.05, 3.63) is 54.1 Å². The molecule has 0 unspecified atom stereocenters. The quantitative estimate of drug-likeness (QED) is 0.506. The van der Waals surface area contributed by atoms with E-state index in [4.69, 9.17) is 5.26 Å². The SMILES string of the molecule is CC(=Nc1ccn(CCC#N)n1)c1c(O)[nH]c2cnc(-c3cnccc3C)cc12. The third kappa shape index (κ3) is 3.58. The van der Waals surface area contributed by atoms with Crippen LogP contribution in [0.15, 0.2) is 48.0 Å². The van der Waals surface area contributed by atoms with Gasteiger partial charge in [0.1, 0.15) is 0 Å². The number of nitriles is 1. The van der Waals surface area contributed by atoms with Crippen LogP contribution in [0.2, 0.25) is 0 Å². The van der Waals surface area contributed by atoms with E-state index in [0.29, 0.717) is 30.1 Å². The lowest BCUT2D eigenvalue weighted by atomic mass is 10.0. The monoisotopic (exact) mass is 385 g/mol. The molecule has 2 N–H and O–H groups in total. The smallest absolute Gasteiger partial charge is 0.198 e. The highest BCUT2D eigenvalue weighted by Crippen LogP contribution is 2.31. The highest BCUT2D eigenvalue weighted by molar-refractivity contribution is 6.13. The zero-order valence-corrected chi connectivity index (χ0v) is 16.1. The number of nitrogens with zero attached hydrogens (tertiary/aromatic N) is 6. The molecule has 8 heteroatoms. The average molecular weight is 385 g/mol. The standard InChI is InChI=1S/C21H19N7O/c1-13-4-7-23-11-16(13)17-10-15-18(12-24-17)26-21(29)20(15)14(2)25-19-5-9-28(27-19)8-3-6-22/h4-5,7,9-12,26,29H,3,8H2,1-2H3. The molecule has 4 heterocycles. The summed E-state index contributed by atoms with van der Waals surface area (Å²) in [6, 6.07) is 7.73. The minimum atomic E-state index is 0.0343. The number of aromatic amines is 1. The van der Waals surface area contributed by atoms with E-state index in [0.717, 1.165) is 27.7 Å². The van der Waals surface area contributed by atoms with Gasteiger partial charge in [0, 0.05) is 35.6 Å². The summed E-state index contributed by atoms with van der Waals surface area (Å²) in [6.07, 6.45) is 7.40. The van der Waals surface area contributed by atoms with Crippen molar-refractivity contribution in [3.8, 4) is 23.2 Å². The van der Waals surface area contributed by atoms with Crippen molar-refractivity contribution in [2.75, 3.05) is 0 Å². The zero-order chi connectivity index (χ0) is 20.4. The van der Waals surface area contributed by atoms with E-state index in [1.165, 1.54) is 0 Å². The van der Waals surface area contributed by atoms with Crippen molar-refractivity contribution >= 4 is 22.4 Å². The van der Waals surface area contributed by atoms with Crippen LogP contribution in [0.4, 0.5) is 5.82 Å². The number of aryl methyl sites for hydroxylation is 2. The van der Waals surface area contributed by atoms with Gasteiger partial charge in [0.15, 0.2) is 11.7 Å². The molecule has 0 bridgehead atoms. The first-order valence-electron chi connectivity index (χ1n) is 9.14. The molecule has 0 saturated heterocycles. The number of nitrogens with one attached hydrogen (secondary N) is 1. The second-order valence-electron chi connectivity index (χ2n) is 6.70. The maximum absolute atomic E-state index is 10.5. The molecule has 0 aliphatic carbocycles. The molecule has 4 rings (SSSR count). The van der Waals surface area contributed by atoms with E-state index in [-0.39, 0.29) is 5.88 Å². The molecule has 4 aromatic heterocycles. The molecule has 0 saturated carbocycles. The van der Waals surface area contributed by atoms with Gasteiger partial charge < -0.3 is 10.1 Å². The molecule has 0 radical (unpaired) electrons. The summed E-state index contributed by atoms with van der Waals surface area (Å²) < 4.78 is 1.68. The Morgan fingerprint density at radius 2 is 2.21 bits per heavy atom. The Hall–Kier alpha value is -3.99. The van der Waals surface area contributed by atoms with Crippen LogP contribution in [0.3, 0.4) is 0 Å². The van der Waals surface area contributed by atoms with Crippen molar-refractivity contribution in [2.24, 2.45) is 4.99 Å². The summed E-state index contributed by atoms with van der Waals surface area (Å²) in [4.78, 5) is 16.2. The third-order valence-corrected chi connectivity index (χ3v) is 4.70. The van der Waals surface area contributed by atoms with Gasteiger partial charge in [-0.05, 0) is 31.5 Å². The molecule has 0 atom stereocenters. The minimum Gasteiger partial charge on any atom is -0.494 e. The summed E-state index contributed by atoms with van der Waals surface area (Å²) in [7, 11) is 0. The molecular weight excluding hydrogens is 366 g/mol. The van der Waals surface area contributed by atoms with E-state index in [1.54, 1.807) is 35.5 Å². The maximum atomic E-state index is 10.5. The van der Waals surface area contributed by atoms with Gasteiger partial charge in [0.2, 0.25) is 0 Å². The molecule has 0 aliphatic rings. The number of fused-ring (bicyclic) bond motifs is 1. The lowest BCUT2D eigenvalue weighted by Crippen LogP contribution is -1.97. The van der Waals surface area contributed by atoms with Crippen LogP contribution >= 0.6 is 0 Å². The molecule has 0 amide bonds. The van der Waals surface area contributed by atoms with Gasteiger partial charge in [-0.2, -0.15) is 10.4 Å². The number of hydrogen-bond donors (Lipinski definition) is 2. The Kier molecular flexibility index (Phi) is 4.79. The molecule has 0 aliphatic heterocycles. The molecular formula is C21H19N7O. The Bertz CT molecular complexity index is 1260. The first kappa shape index (κ1) is 18.4. The summed E-state index contributed by atoms with van der Waals surface area (Å²) in [6.45, 7) is 4.35. The fourth-order valence-electron chi connectivity index (χ4n) is 3.25. The number of aliphatic imine (C=N–C) groups is 1. The predicted octanol–water partition coefficient (Wildman–Crippen LogP) is 3.89. The van der Waals surface area contributed by atoms with E-state index >= 15 is 0 Å². The fraction of sp³-hybridized carbons (Fsp3) is 0.190. The Morgan fingerprint density at radius 3 is 3.00 bits per heavy atom. The minimum absolute atomic E-state index is 0.0343. The Morgan fingerprint density at radius 1 is 1.34 bits per heavy atom. The second-order valence-corrected chi connectivity index (χ2v) is 6.70. The van der Waals surface area contributed by atoms with Gasteiger partial charge in [-0.15, -0.1) is 0 Å². The van der Waals surface area contributed by atoms with Crippen molar-refractivity contribution in [3.63, 3.8) is 0 Å². The van der Waals surface area contributed by atoms with Gasteiger partial charge in [-0.1, -0.05) is 0 Å². The molecule has 4 aromatic rings. The first-order chi connectivity index (χ1) is 14.1. The number of aromatic nitrogens is 5. The third-order valence-electron chi connectivity index (χ3n) is 4.70. The average Bonchev–Trinajstić information content (AvgIpc) is 3.29. The number of hydrogen-bond acceptors (Lipinski definition) is 6. The number of pyridine rings is 2. The Balaban J connectivity index is 1.76. The number of H-pyrrole nitrogens is 1. The van der Waals surface area contributed by atoms with Gasteiger partial charge in [0.25, 0.3) is 0 Å². The van der Waals surface area contributed by atoms with Gasteiger partial charge >= 0.3 is 0 Å². The van der Waals surface area contributed by atoms with Crippen LogP contribution in [0.1, 0.15) is 24.5 Å². The van der Waals surface area contributed by atoms with Gasteiger partial charge in [-0.25, -0.2) is 4.99 Å². The van der Waals surface area contributed by atoms with Crippen LogP contribution in [0.25, 0.3) is 22.2 Å². The maximum Gasteiger partial charge on any atom is 0.198 e. The van der Waals surface area contributed by atoms with Crippen LogP contribution in [-0.4, -0.2) is 35.6 Å². The molecule has 8 nitrogen and oxygen atoms in total. The highest BCUT2D eigenvalue weighted by atomic mass is 16.3. The highest BCUT2D eigenvalue weighted by Gasteiger charge is 2.16. The van der Waals surface area contributed by atoms with Crippen molar-refractivity contribution in [1.29, 1.82) is 5.26 Å². The predicted molar refractivity (Wildman–Crippen MR) is 110 cm³/mol. The van der Waals surface area contributed by atoms with E-state index < -0.39 is 0 Å². The van der Waals surface area contributed by atoms with Crippen LogP contribution in [-0.2, 0) is 6.54 Å². The summed E-state index contributed by atoms with van der Waals surface area (Å²) in [5, 5.41) is 24.4. The molecule has 0 spiro atoms. The molecule has 29 heavy (non-hydrogen) atoms. The van der Waals surface area contributed by atoms with Crippen LogP contribution < -0.4 is 0 Å². The van der Waals surface area contributed by atoms with Gasteiger partial charge in [0.05, 0.1) is 47.7 Å². The van der Waals surface area contributed by atoms with Crippen LogP contribution in [0.5, 0.6) is 5.88 Å². The van der Waals surface area contributed by atoms with Crippen molar-refractivity contribution in [2.45, 2.75) is 26.8 Å². The first-order valence-corrected chi connectivity index (χ1v) is 9.14. The normalized spacial score (nSPS) is 11.7. The molecule has 144 valence electrons. The van der Waals surface area contributed by atoms with E-state index in [1.807, 2.05) is 26.0 Å². The summed E-state index contributed by atoms with van der Waals surface area (Å²) >= 11 is 0. The van der Waals surface area contributed by atoms with Crippen molar-refractivity contribution < 1.29 is 5.11 Å². The van der Waals surface area contributed by atoms with E-state index in [9.17, 15) is 5.11 Å². The largest absolute Gasteiger partial charge is 0.494 e.